The van der Waals surface area contributed by atoms with Gasteiger partial charge in [-0.3, -0.25) is 0 Å². The lowest BCUT2D eigenvalue weighted by Crippen LogP contribution is -2.34. The summed E-state index contributed by atoms with van der Waals surface area (Å²) >= 11 is 0. The number of rotatable bonds is 3. The Kier molecular flexibility index (Phi) is 1.92. The molecule has 0 aromatic rings. The van der Waals surface area contributed by atoms with E-state index >= 15 is 0 Å². The van der Waals surface area contributed by atoms with Gasteiger partial charge in [-0.25, -0.2) is 0 Å². The summed E-state index contributed by atoms with van der Waals surface area (Å²) in [5.41, 5.74) is 0.605. The van der Waals surface area contributed by atoms with E-state index in [1.807, 2.05) is 0 Å². The van der Waals surface area contributed by atoms with E-state index in [-0.39, 0.29) is 5.60 Å². The molecule has 2 saturated heterocycles. The Morgan fingerprint density at radius 2 is 1.92 bits per heavy atom. The fraction of sp³-hybridized carbons (Fsp3) is 1.00. The van der Waals surface area contributed by atoms with Gasteiger partial charge in [0.2, 0.25) is 0 Å². The van der Waals surface area contributed by atoms with Crippen molar-refractivity contribution in [1.82, 2.24) is 0 Å². The maximum Gasteiger partial charge on any atom is 0.120 e. The van der Waals surface area contributed by atoms with Crippen LogP contribution >= 0.6 is 0 Å². The normalized spacial score (nSPS) is 49.2. The van der Waals surface area contributed by atoms with E-state index in [1.165, 1.54) is 0 Å². The molecule has 76 valence electrons. The van der Waals surface area contributed by atoms with Crippen molar-refractivity contribution >= 4 is 8.07 Å². The van der Waals surface area contributed by atoms with E-state index in [9.17, 15) is 0 Å². The highest BCUT2D eigenvalue weighted by Crippen LogP contribution is 2.52. The van der Waals surface area contributed by atoms with Crippen molar-refractivity contribution in [3.05, 3.63) is 0 Å². The Balaban J connectivity index is 1.94. The van der Waals surface area contributed by atoms with Gasteiger partial charge >= 0.3 is 0 Å². The van der Waals surface area contributed by atoms with Crippen molar-refractivity contribution in [3.63, 3.8) is 0 Å². The zero-order valence-corrected chi connectivity index (χ0v) is 10.3. The summed E-state index contributed by atoms with van der Waals surface area (Å²) in [5.74, 6) is 0. The smallest absolute Gasteiger partial charge is 0.120 e. The van der Waals surface area contributed by atoms with Gasteiger partial charge in [0.1, 0.15) is 11.7 Å². The Labute approximate surface area is 81.6 Å². The molecule has 2 fully saturated rings. The molecule has 0 spiro atoms. The maximum absolute atomic E-state index is 5.78. The molecule has 2 unspecified atom stereocenters. The molecule has 2 aliphatic heterocycles. The monoisotopic (exact) mass is 200 g/mol. The topological polar surface area (TPSA) is 25.1 Å². The largest absolute Gasteiger partial charge is 0.370 e. The first kappa shape index (κ1) is 9.68. The van der Waals surface area contributed by atoms with Crippen LogP contribution in [-0.2, 0) is 9.47 Å². The second-order valence-corrected chi connectivity index (χ2v) is 10.8. The highest BCUT2D eigenvalue weighted by atomic mass is 28.3. The third-order valence-corrected chi connectivity index (χ3v) is 5.41. The van der Waals surface area contributed by atoms with E-state index in [0.717, 1.165) is 6.42 Å². The summed E-state index contributed by atoms with van der Waals surface area (Å²) in [5, 5.41) is 0. The molecular formula is C10H20O2Si. The molecule has 0 aromatic carbocycles. The van der Waals surface area contributed by atoms with E-state index in [1.54, 1.807) is 0 Å². The van der Waals surface area contributed by atoms with Crippen LogP contribution in [0.1, 0.15) is 20.3 Å². The van der Waals surface area contributed by atoms with Crippen LogP contribution in [0, 0.1) is 0 Å². The number of hydrogen-bond acceptors (Lipinski definition) is 2. The standard InChI is InChI=1S/C10H20O2Si/c1-6-7-10(2,12-7)8-9(11-8)13(3,4)5/h7-9H,6H2,1-5H3/t7-,8?,9?,10+/m1/s1. The zero-order valence-electron chi connectivity index (χ0n) is 9.26. The second kappa shape index (κ2) is 2.58. The minimum Gasteiger partial charge on any atom is -0.370 e. The van der Waals surface area contributed by atoms with Gasteiger partial charge in [-0.1, -0.05) is 26.6 Å². The van der Waals surface area contributed by atoms with Crippen molar-refractivity contribution in [2.24, 2.45) is 0 Å². The molecule has 0 bridgehead atoms. The van der Waals surface area contributed by atoms with Gasteiger partial charge in [-0.05, 0) is 13.3 Å². The van der Waals surface area contributed by atoms with Crippen LogP contribution in [-0.4, -0.2) is 31.6 Å². The molecule has 2 heterocycles. The third kappa shape index (κ3) is 1.47. The summed E-state index contributed by atoms with van der Waals surface area (Å²) in [4.78, 5) is 0. The van der Waals surface area contributed by atoms with Crippen molar-refractivity contribution in [2.75, 3.05) is 0 Å². The molecule has 2 nitrogen and oxygen atoms in total. The number of ether oxygens (including phenoxy) is 2. The molecule has 2 rings (SSSR count). The van der Waals surface area contributed by atoms with Crippen molar-refractivity contribution in [1.29, 1.82) is 0 Å². The van der Waals surface area contributed by atoms with Crippen LogP contribution in [0.25, 0.3) is 0 Å². The highest BCUT2D eigenvalue weighted by molar-refractivity contribution is 6.78. The lowest BCUT2D eigenvalue weighted by atomic mass is 10.0. The molecule has 13 heavy (non-hydrogen) atoms. The summed E-state index contributed by atoms with van der Waals surface area (Å²) in [6, 6.07) is 0. The molecule has 2 aliphatic rings. The molecule has 4 atom stereocenters. The maximum atomic E-state index is 5.78. The van der Waals surface area contributed by atoms with Crippen LogP contribution in [0.5, 0.6) is 0 Å². The minimum absolute atomic E-state index is 0.0691. The summed E-state index contributed by atoms with van der Waals surface area (Å²) < 4.78 is 11.5. The van der Waals surface area contributed by atoms with Gasteiger partial charge < -0.3 is 9.47 Å². The van der Waals surface area contributed by atoms with Crippen molar-refractivity contribution in [3.8, 4) is 0 Å². The van der Waals surface area contributed by atoms with E-state index in [4.69, 9.17) is 9.47 Å². The van der Waals surface area contributed by atoms with E-state index in [2.05, 4.69) is 33.5 Å². The Bertz CT molecular complexity index is 223. The Hall–Kier alpha value is 0.137. The number of hydrogen-bond donors (Lipinski definition) is 0. The van der Waals surface area contributed by atoms with Gasteiger partial charge in [0.05, 0.1) is 19.9 Å². The van der Waals surface area contributed by atoms with E-state index in [0.29, 0.717) is 17.9 Å². The first-order valence-electron chi connectivity index (χ1n) is 5.23. The van der Waals surface area contributed by atoms with Crippen LogP contribution in [0.15, 0.2) is 0 Å². The minimum atomic E-state index is -1.10. The number of epoxide rings is 2. The fourth-order valence-electron chi connectivity index (χ4n) is 2.22. The molecule has 0 amide bonds. The SMILES string of the molecule is CC[C@H]1O[C@]1(C)C1OC1[Si](C)(C)C. The molecule has 0 radical (unpaired) electrons. The van der Waals surface area contributed by atoms with Gasteiger partial charge in [-0.15, -0.1) is 0 Å². The van der Waals surface area contributed by atoms with Crippen molar-refractivity contribution < 1.29 is 9.47 Å². The lowest BCUT2D eigenvalue weighted by Gasteiger charge is -2.12. The average Bonchev–Trinajstić information content (AvgIpc) is 2.75. The van der Waals surface area contributed by atoms with Gasteiger partial charge in [-0.2, -0.15) is 0 Å². The summed E-state index contributed by atoms with van der Waals surface area (Å²) in [6.07, 6.45) is 1.98. The molecule has 0 N–H and O–H groups in total. The second-order valence-electron chi connectivity index (χ2n) is 5.54. The van der Waals surface area contributed by atoms with Gasteiger partial charge in [0.15, 0.2) is 0 Å². The zero-order chi connectivity index (χ0) is 9.85. The van der Waals surface area contributed by atoms with Gasteiger partial charge in [0, 0.05) is 0 Å². The predicted molar refractivity (Wildman–Crippen MR) is 55.6 cm³/mol. The Morgan fingerprint density at radius 3 is 2.23 bits per heavy atom. The first-order valence-corrected chi connectivity index (χ1v) is 8.80. The molecule has 0 aliphatic carbocycles. The lowest BCUT2D eigenvalue weighted by molar-refractivity contribution is 0.248. The Morgan fingerprint density at radius 1 is 1.31 bits per heavy atom. The van der Waals surface area contributed by atoms with Crippen LogP contribution in [0.2, 0.25) is 19.6 Å². The molecule has 0 aromatic heterocycles. The predicted octanol–water partition coefficient (Wildman–Crippen LogP) is 2.20. The van der Waals surface area contributed by atoms with Crippen LogP contribution in [0.4, 0.5) is 0 Å². The van der Waals surface area contributed by atoms with Crippen LogP contribution in [0.3, 0.4) is 0 Å². The molecular weight excluding hydrogens is 180 g/mol. The molecule has 3 heteroatoms. The van der Waals surface area contributed by atoms with Crippen molar-refractivity contribution in [2.45, 2.75) is 63.4 Å². The summed E-state index contributed by atoms with van der Waals surface area (Å²) in [6.45, 7) is 11.5. The fourth-order valence-corrected chi connectivity index (χ4v) is 4.01. The first-order chi connectivity index (χ1) is 5.89. The third-order valence-electron chi connectivity index (χ3n) is 3.26. The van der Waals surface area contributed by atoms with E-state index < -0.39 is 8.07 Å². The summed E-state index contributed by atoms with van der Waals surface area (Å²) in [7, 11) is -1.10. The van der Waals surface area contributed by atoms with Crippen LogP contribution < -0.4 is 0 Å². The van der Waals surface area contributed by atoms with Gasteiger partial charge in [0.25, 0.3) is 0 Å². The average molecular weight is 200 g/mol. The quantitative estimate of drug-likeness (QED) is 0.515. The molecule has 0 saturated carbocycles. The highest BCUT2D eigenvalue weighted by Gasteiger charge is 2.68.